The van der Waals surface area contributed by atoms with Gasteiger partial charge in [0.1, 0.15) is 0 Å². The van der Waals surface area contributed by atoms with Gasteiger partial charge in [0.25, 0.3) is 0 Å². The van der Waals surface area contributed by atoms with E-state index in [1.807, 2.05) is 10.8 Å². The molecular formula is C14H14FNO2. The Balaban J connectivity index is 2.49. The number of hydrogen-bond acceptors (Lipinski definition) is 2. The van der Waals surface area contributed by atoms with Crippen LogP contribution in [-0.2, 0) is 0 Å². The number of nitrogens with zero attached hydrogens (tertiary/aromatic N) is 1. The normalized spacial score (nSPS) is 15.1. The molecule has 0 amide bonds. The molecule has 1 aromatic heterocycles. The largest absolute Gasteiger partial charge is 0.492 e. The van der Waals surface area contributed by atoms with Gasteiger partial charge >= 0.3 is 0 Å². The number of halogens is 1. The number of methoxy groups -OCH3 is 1. The van der Waals surface area contributed by atoms with Crippen LogP contribution in [0.2, 0.25) is 0 Å². The zero-order chi connectivity index (χ0) is 12.9. The van der Waals surface area contributed by atoms with Gasteiger partial charge in [0.15, 0.2) is 17.0 Å². The van der Waals surface area contributed by atoms with Crippen molar-refractivity contribution >= 4 is 10.9 Å². The maximum absolute atomic E-state index is 13.8. The number of fused-ring (bicyclic) bond motifs is 1. The number of ether oxygens (including phenoxy) is 1. The van der Waals surface area contributed by atoms with Crippen LogP contribution >= 0.6 is 0 Å². The van der Waals surface area contributed by atoms with Crippen molar-refractivity contribution in [2.75, 3.05) is 7.11 Å². The molecular weight excluding hydrogens is 233 g/mol. The van der Waals surface area contributed by atoms with Gasteiger partial charge in [-0.15, -0.1) is 0 Å². The SMILES string of the molecule is COc1c(F)ccc2c(=O)c(C)cn(C3CC3)c12. The van der Waals surface area contributed by atoms with Crippen LogP contribution in [-0.4, -0.2) is 11.7 Å². The second kappa shape index (κ2) is 3.83. The van der Waals surface area contributed by atoms with Gasteiger partial charge in [0.05, 0.1) is 12.6 Å². The zero-order valence-electron chi connectivity index (χ0n) is 10.4. The second-order valence-corrected chi connectivity index (χ2v) is 4.76. The van der Waals surface area contributed by atoms with Crippen molar-refractivity contribution in [3.63, 3.8) is 0 Å². The van der Waals surface area contributed by atoms with Gasteiger partial charge in [0.2, 0.25) is 0 Å². The van der Waals surface area contributed by atoms with Crippen molar-refractivity contribution in [3.8, 4) is 5.75 Å². The third-order valence-corrected chi connectivity index (χ3v) is 3.42. The third kappa shape index (κ3) is 1.52. The summed E-state index contributed by atoms with van der Waals surface area (Å²) < 4.78 is 20.9. The molecule has 1 aromatic carbocycles. The Morgan fingerprint density at radius 1 is 1.39 bits per heavy atom. The lowest BCUT2D eigenvalue weighted by atomic mass is 10.1. The molecule has 4 heteroatoms. The van der Waals surface area contributed by atoms with Crippen molar-refractivity contribution in [2.45, 2.75) is 25.8 Å². The number of aromatic nitrogens is 1. The highest BCUT2D eigenvalue weighted by Crippen LogP contribution is 2.39. The van der Waals surface area contributed by atoms with Crippen molar-refractivity contribution in [1.29, 1.82) is 0 Å². The van der Waals surface area contributed by atoms with Gasteiger partial charge in [-0.25, -0.2) is 4.39 Å². The summed E-state index contributed by atoms with van der Waals surface area (Å²) in [5.41, 5.74) is 1.21. The molecule has 94 valence electrons. The fourth-order valence-electron chi connectivity index (χ4n) is 2.37. The molecule has 0 radical (unpaired) electrons. The number of aryl methyl sites for hydroxylation is 1. The maximum atomic E-state index is 13.8. The summed E-state index contributed by atoms with van der Waals surface area (Å²) >= 11 is 0. The van der Waals surface area contributed by atoms with E-state index in [4.69, 9.17) is 4.74 Å². The van der Waals surface area contributed by atoms with Crippen molar-refractivity contribution in [3.05, 3.63) is 39.9 Å². The van der Waals surface area contributed by atoms with Crippen LogP contribution in [0.5, 0.6) is 5.75 Å². The fraction of sp³-hybridized carbons (Fsp3) is 0.357. The highest BCUT2D eigenvalue weighted by Gasteiger charge is 2.27. The Morgan fingerprint density at radius 3 is 2.72 bits per heavy atom. The zero-order valence-corrected chi connectivity index (χ0v) is 10.4. The predicted octanol–water partition coefficient (Wildman–Crippen LogP) is 2.79. The number of benzene rings is 1. The summed E-state index contributed by atoms with van der Waals surface area (Å²) in [7, 11) is 1.43. The Morgan fingerprint density at radius 2 is 2.11 bits per heavy atom. The van der Waals surface area contributed by atoms with E-state index in [0.29, 0.717) is 22.5 Å². The Labute approximate surface area is 104 Å². The van der Waals surface area contributed by atoms with Crippen LogP contribution < -0.4 is 10.2 Å². The van der Waals surface area contributed by atoms with Gasteiger partial charge in [-0.3, -0.25) is 4.79 Å². The molecule has 18 heavy (non-hydrogen) atoms. The fourth-order valence-corrected chi connectivity index (χ4v) is 2.37. The molecule has 0 atom stereocenters. The van der Waals surface area contributed by atoms with Gasteiger partial charge in [-0.05, 0) is 31.9 Å². The number of pyridine rings is 1. The van der Waals surface area contributed by atoms with E-state index in [-0.39, 0.29) is 11.2 Å². The first-order valence-corrected chi connectivity index (χ1v) is 6.01. The van der Waals surface area contributed by atoms with E-state index in [0.717, 1.165) is 12.8 Å². The molecule has 1 aliphatic rings. The lowest BCUT2D eigenvalue weighted by Gasteiger charge is -2.14. The van der Waals surface area contributed by atoms with Gasteiger partial charge in [-0.2, -0.15) is 0 Å². The van der Waals surface area contributed by atoms with Crippen LogP contribution in [0.4, 0.5) is 4.39 Å². The Bertz CT molecular complexity index is 686. The second-order valence-electron chi connectivity index (χ2n) is 4.76. The van der Waals surface area contributed by atoms with Crippen molar-refractivity contribution in [1.82, 2.24) is 4.57 Å². The summed E-state index contributed by atoms with van der Waals surface area (Å²) in [6.45, 7) is 1.79. The molecule has 0 spiro atoms. The average molecular weight is 247 g/mol. The van der Waals surface area contributed by atoms with E-state index in [1.165, 1.54) is 13.2 Å². The molecule has 3 nitrogen and oxygen atoms in total. The monoisotopic (exact) mass is 247 g/mol. The predicted molar refractivity (Wildman–Crippen MR) is 67.7 cm³/mol. The van der Waals surface area contributed by atoms with E-state index in [2.05, 4.69) is 0 Å². The van der Waals surface area contributed by atoms with E-state index < -0.39 is 5.82 Å². The Kier molecular flexibility index (Phi) is 2.40. The topological polar surface area (TPSA) is 31.2 Å². The van der Waals surface area contributed by atoms with Crippen molar-refractivity contribution in [2.24, 2.45) is 0 Å². The molecule has 2 aromatic rings. The maximum Gasteiger partial charge on any atom is 0.192 e. The summed E-state index contributed by atoms with van der Waals surface area (Å²) in [5, 5.41) is 0.528. The highest BCUT2D eigenvalue weighted by molar-refractivity contribution is 5.86. The standard InChI is InChI=1S/C14H14FNO2/c1-8-7-16(9-3-4-9)12-10(13(8)17)5-6-11(15)14(12)18-2/h5-7,9H,3-4H2,1-2H3. The third-order valence-electron chi connectivity index (χ3n) is 3.42. The molecule has 0 bridgehead atoms. The minimum Gasteiger partial charge on any atom is -0.492 e. The minimum absolute atomic E-state index is 0.0554. The highest BCUT2D eigenvalue weighted by atomic mass is 19.1. The van der Waals surface area contributed by atoms with E-state index >= 15 is 0 Å². The molecule has 1 fully saturated rings. The van der Waals surface area contributed by atoms with Gasteiger partial charge in [-0.1, -0.05) is 0 Å². The smallest absolute Gasteiger partial charge is 0.192 e. The Hall–Kier alpha value is -1.84. The molecule has 0 N–H and O–H groups in total. The summed E-state index contributed by atoms with van der Waals surface area (Å²) in [6.07, 6.45) is 3.94. The first kappa shape index (κ1) is 11.3. The molecule has 1 saturated carbocycles. The van der Waals surface area contributed by atoms with E-state index in [1.54, 1.807) is 13.0 Å². The average Bonchev–Trinajstić information content (AvgIpc) is 3.17. The molecule has 3 rings (SSSR count). The lowest BCUT2D eigenvalue weighted by molar-refractivity contribution is 0.389. The van der Waals surface area contributed by atoms with Gasteiger partial charge < -0.3 is 9.30 Å². The van der Waals surface area contributed by atoms with Crippen LogP contribution in [0, 0.1) is 12.7 Å². The van der Waals surface area contributed by atoms with E-state index in [9.17, 15) is 9.18 Å². The molecule has 0 unspecified atom stereocenters. The molecule has 1 heterocycles. The minimum atomic E-state index is -0.428. The van der Waals surface area contributed by atoms with Crippen LogP contribution in [0.25, 0.3) is 10.9 Å². The summed E-state index contributed by atoms with van der Waals surface area (Å²) in [6, 6.07) is 3.20. The molecule has 0 saturated heterocycles. The van der Waals surface area contributed by atoms with Gasteiger partial charge in [0, 0.05) is 23.2 Å². The van der Waals surface area contributed by atoms with Crippen molar-refractivity contribution < 1.29 is 9.13 Å². The lowest BCUT2D eigenvalue weighted by Crippen LogP contribution is -2.13. The first-order valence-electron chi connectivity index (χ1n) is 6.01. The molecule has 1 aliphatic carbocycles. The number of rotatable bonds is 2. The molecule has 0 aliphatic heterocycles. The van der Waals surface area contributed by atoms with Crippen LogP contribution in [0.1, 0.15) is 24.4 Å². The summed E-state index contributed by atoms with van der Waals surface area (Å²) in [4.78, 5) is 12.1. The van der Waals surface area contributed by atoms with Crippen LogP contribution in [0.3, 0.4) is 0 Å². The summed E-state index contributed by atoms with van der Waals surface area (Å²) in [5.74, 6) is -0.265. The van der Waals surface area contributed by atoms with Crippen LogP contribution in [0.15, 0.2) is 23.1 Å². The number of hydrogen-bond donors (Lipinski definition) is 0. The first-order chi connectivity index (χ1) is 8.63. The quantitative estimate of drug-likeness (QED) is 0.817.